The van der Waals surface area contributed by atoms with Gasteiger partial charge in [0.15, 0.2) is 9.84 Å². The highest BCUT2D eigenvalue weighted by Gasteiger charge is 2.29. The van der Waals surface area contributed by atoms with Crippen LogP contribution < -0.4 is 10.6 Å². The first-order valence-corrected chi connectivity index (χ1v) is 10.8. The second-order valence-electron chi connectivity index (χ2n) is 6.58. The van der Waals surface area contributed by atoms with Gasteiger partial charge in [-0.25, -0.2) is 8.42 Å². The number of hydrogen-bond acceptors (Lipinski definition) is 8. The highest BCUT2D eigenvalue weighted by molar-refractivity contribution is 7.91. The van der Waals surface area contributed by atoms with Crippen molar-refractivity contribution in [2.24, 2.45) is 0 Å². The lowest BCUT2D eigenvalue weighted by Crippen LogP contribution is -2.51. The predicted octanol–water partition coefficient (Wildman–Crippen LogP) is 0.0284. The van der Waals surface area contributed by atoms with Gasteiger partial charge in [0.2, 0.25) is 5.91 Å². The maximum absolute atomic E-state index is 12.5. The van der Waals surface area contributed by atoms with Crippen molar-refractivity contribution in [2.45, 2.75) is 13.0 Å². The van der Waals surface area contributed by atoms with E-state index in [2.05, 4.69) is 10.6 Å². The van der Waals surface area contributed by atoms with Gasteiger partial charge in [-0.3, -0.25) is 19.7 Å². The number of anilines is 1. The van der Waals surface area contributed by atoms with Crippen LogP contribution in [-0.2, 0) is 19.4 Å². The van der Waals surface area contributed by atoms with Gasteiger partial charge in [-0.2, -0.15) is 0 Å². The maximum atomic E-state index is 12.5. The predicted molar refractivity (Wildman–Crippen MR) is 106 cm³/mol. The Balaban J connectivity index is 2.04. The number of amides is 2. The fourth-order valence-electron chi connectivity index (χ4n) is 2.81. The molecule has 0 saturated carbocycles. The van der Waals surface area contributed by atoms with Gasteiger partial charge >= 0.3 is 0 Å². The van der Waals surface area contributed by atoms with Gasteiger partial charge < -0.3 is 20.3 Å². The summed E-state index contributed by atoms with van der Waals surface area (Å²) < 4.78 is 27.8. The molecule has 0 spiro atoms. The minimum Gasteiger partial charge on any atom is -0.383 e. The summed E-state index contributed by atoms with van der Waals surface area (Å²) in [6.07, 6.45) is 0. The van der Waals surface area contributed by atoms with Gasteiger partial charge in [0.05, 0.1) is 23.0 Å². The number of nitro benzene ring substituents is 1. The number of nitro groups is 1. The molecule has 0 aromatic heterocycles. The smallest absolute Gasteiger partial charge is 0.293 e. The molecule has 1 heterocycles. The third-order valence-electron chi connectivity index (χ3n) is 4.45. The van der Waals surface area contributed by atoms with Gasteiger partial charge in [-0.1, -0.05) is 0 Å². The molecule has 29 heavy (non-hydrogen) atoms. The number of rotatable bonds is 8. The number of carbonyl (C=O) groups excluding carboxylic acids is 2. The molecule has 1 aliphatic rings. The normalized spacial score (nSPS) is 16.7. The van der Waals surface area contributed by atoms with Gasteiger partial charge in [0, 0.05) is 38.4 Å². The molecule has 2 amide bonds. The van der Waals surface area contributed by atoms with Crippen molar-refractivity contribution in [3.8, 4) is 0 Å². The molecule has 1 unspecified atom stereocenters. The summed E-state index contributed by atoms with van der Waals surface area (Å²) in [7, 11) is -1.62. The standard InChI is InChI=1S/C17H24N4O7S/c1-12(17(23)20-6-9-29(26,27)10-7-20)19-16(22)13-3-4-14(18-5-8-28-2)15(11-13)21(24)25/h3-4,11-12,18H,5-10H2,1-2H3,(H,19,22). The van der Waals surface area contributed by atoms with E-state index in [4.69, 9.17) is 4.74 Å². The molecule has 0 bridgehead atoms. The van der Waals surface area contributed by atoms with Gasteiger partial charge in [-0.15, -0.1) is 0 Å². The quantitative estimate of drug-likeness (QED) is 0.335. The maximum Gasteiger partial charge on any atom is 0.293 e. The first-order valence-electron chi connectivity index (χ1n) is 8.96. The Labute approximate surface area is 168 Å². The van der Waals surface area contributed by atoms with Crippen LogP contribution in [0.15, 0.2) is 18.2 Å². The molecular formula is C17H24N4O7S. The number of carbonyl (C=O) groups is 2. The largest absolute Gasteiger partial charge is 0.383 e. The van der Waals surface area contributed by atoms with Crippen LogP contribution in [0.25, 0.3) is 0 Å². The van der Waals surface area contributed by atoms with Crippen molar-refractivity contribution in [3.05, 3.63) is 33.9 Å². The number of ether oxygens (including phenoxy) is 1. The summed E-state index contributed by atoms with van der Waals surface area (Å²) >= 11 is 0. The number of methoxy groups -OCH3 is 1. The van der Waals surface area contributed by atoms with E-state index in [0.29, 0.717) is 13.2 Å². The molecule has 1 aromatic rings. The van der Waals surface area contributed by atoms with E-state index in [9.17, 15) is 28.1 Å². The second-order valence-corrected chi connectivity index (χ2v) is 8.88. The lowest BCUT2D eigenvalue weighted by Gasteiger charge is -2.29. The van der Waals surface area contributed by atoms with Crippen molar-refractivity contribution in [3.63, 3.8) is 0 Å². The van der Waals surface area contributed by atoms with Crippen LogP contribution >= 0.6 is 0 Å². The zero-order valence-corrected chi connectivity index (χ0v) is 17.0. The van der Waals surface area contributed by atoms with E-state index in [-0.39, 0.29) is 41.5 Å². The van der Waals surface area contributed by atoms with Crippen molar-refractivity contribution in [1.82, 2.24) is 10.2 Å². The molecule has 11 nitrogen and oxygen atoms in total. The summed E-state index contributed by atoms with van der Waals surface area (Å²) in [6, 6.07) is 3.07. The zero-order valence-electron chi connectivity index (χ0n) is 16.2. The van der Waals surface area contributed by atoms with Gasteiger partial charge in [0.1, 0.15) is 11.7 Å². The Kier molecular flexibility index (Phi) is 7.51. The van der Waals surface area contributed by atoms with Crippen LogP contribution in [0.3, 0.4) is 0 Å². The highest BCUT2D eigenvalue weighted by Crippen LogP contribution is 2.25. The first kappa shape index (κ1) is 22.6. The number of nitrogens with one attached hydrogen (secondary N) is 2. The van der Waals surface area contributed by atoms with Gasteiger partial charge in [-0.05, 0) is 19.1 Å². The van der Waals surface area contributed by atoms with E-state index in [0.717, 1.165) is 6.07 Å². The molecule has 1 saturated heterocycles. The fraction of sp³-hybridized carbons (Fsp3) is 0.529. The monoisotopic (exact) mass is 428 g/mol. The van der Waals surface area contributed by atoms with Crippen molar-refractivity contribution >= 4 is 33.0 Å². The Morgan fingerprint density at radius 1 is 1.31 bits per heavy atom. The third kappa shape index (κ3) is 6.12. The average Bonchev–Trinajstić information content (AvgIpc) is 2.67. The Morgan fingerprint density at radius 3 is 2.55 bits per heavy atom. The Bertz CT molecular complexity index is 874. The van der Waals surface area contributed by atoms with Gasteiger partial charge in [0.25, 0.3) is 11.6 Å². The number of benzene rings is 1. The van der Waals surface area contributed by atoms with E-state index < -0.39 is 32.6 Å². The molecule has 1 fully saturated rings. The van der Waals surface area contributed by atoms with Crippen LogP contribution in [0, 0.1) is 10.1 Å². The Morgan fingerprint density at radius 2 is 1.97 bits per heavy atom. The molecule has 160 valence electrons. The highest BCUT2D eigenvalue weighted by atomic mass is 32.2. The van der Waals surface area contributed by atoms with Crippen LogP contribution in [-0.4, -0.2) is 81.0 Å². The molecule has 2 N–H and O–H groups in total. The number of hydrogen-bond donors (Lipinski definition) is 2. The van der Waals surface area contributed by atoms with Crippen molar-refractivity contribution < 1.29 is 27.7 Å². The van der Waals surface area contributed by atoms with Crippen LogP contribution in [0.1, 0.15) is 17.3 Å². The SMILES string of the molecule is COCCNc1ccc(C(=O)NC(C)C(=O)N2CCS(=O)(=O)CC2)cc1[N+](=O)[O-]. The molecule has 0 radical (unpaired) electrons. The van der Waals surface area contributed by atoms with E-state index in [1.807, 2.05) is 0 Å². The summed E-state index contributed by atoms with van der Waals surface area (Å²) in [5, 5.41) is 16.7. The molecular weight excluding hydrogens is 404 g/mol. The summed E-state index contributed by atoms with van der Waals surface area (Å²) in [5.41, 5.74) is 0.0195. The van der Waals surface area contributed by atoms with Crippen LogP contribution in [0.4, 0.5) is 11.4 Å². The van der Waals surface area contributed by atoms with E-state index in [1.165, 1.54) is 31.1 Å². The van der Waals surface area contributed by atoms with E-state index in [1.54, 1.807) is 0 Å². The minimum atomic E-state index is -3.13. The first-order chi connectivity index (χ1) is 13.6. The average molecular weight is 428 g/mol. The minimum absolute atomic E-state index is 0.0369. The summed E-state index contributed by atoms with van der Waals surface area (Å²) in [5.74, 6) is -1.26. The number of sulfone groups is 1. The fourth-order valence-corrected chi connectivity index (χ4v) is 4.01. The van der Waals surface area contributed by atoms with Crippen molar-refractivity contribution in [1.29, 1.82) is 0 Å². The lowest BCUT2D eigenvalue weighted by atomic mass is 10.1. The molecule has 1 aromatic carbocycles. The van der Waals surface area contributed by atoms with Crippen LogP contribution in [0.2, 0.25) is 0 Å². The molecule has 12 heteroatoms. The molecule has 2 rings (SSSR count). The molecule has 0 aliphatic carbocycles. The zero-order chi connectivity index (χ0) is 21.6. The lowest BCUT2D eigenvalue weighted by molar-refractivity contribution is -0.384. The van der Waals surface area contributed by atoms with E-state index >= 15 is 0 Å². The van der Waals surface area contributed by atoms with Crippen LogP contribution in [0.5, 0.6) is 0 Å². The summed E-state index contributed by atoms with van der Waals surface area (Å²) in [6.45, 7) is 2.36. The topological polar surface area (TPSA) is 148 Å². The summed E-state index contributed by atoms with van der Waals surface area (Å²) in [4.78, 5) is 37.0. The third-order valence-corrected chi connectivity index (χ3v) is 6.06. The number of nitrogens with zero attached hydrogens (tertiary/aromatic N) is 2. The van der Waals surface area contributed by atoms with Crippen molar-refractivity contribution in [2.75, 3.05) is 50.2 Å². The second kappa shape index (κ2) is 9.65. The molecule has 1 atom stereocenters. The molecule has 1 aliphatic heterocycles. The Hall–Kier alpha value is -2.73.